The van der Waals surface area contributed by atoms with E-state index in [1.165, 1.54) is 99.8 Å². The van der Waals surface area contributed by atoms with E-state index in [1.54, 1.807) is 0 Å². The predicted octanol–water partition coefficient (Wildman–Crippen LogP) is 15.3. The van der Waals surface area contributed by atoms with Gasteiger partial charge in [0.2, 0.25) is 0 Å². The van der Waals surface area contributed by atoms with Crippen LogP contribution in [-0.2, 0) is 5.41 Å². The third kappa shape index (κ3) is 6.26. The van der Waals surface area contributed by atoms with Crippen molar-refractivity contribution in [3.05, 3.63) is 263 Å². The van der Waals surface area contributed by atoms with Gasteiger partial charge in [-0.25, -0.2) is 0 Å². The summed E-state index contributed by atoms with van der Waals surface area (Å²) in [5.41, 5.74) is 20.6. The van der Waals surface area contributed by atoms with Crippen LogP contribution in [0.25, 0.3) is 55.3 Å². The van der Waals surface area contributed by atoms with Gasteiger partial charge in [0.25, 0.3) is 0 Å². The van der Waals surface area contributed by atoms with Gasteiger partial charge in [0, 0.05) is 16.5 Å². The van der Waals surface area contributed by atoms with Gasteiger partial charge in [-0.3, -0.25) is 0 Å². The number of aromatic nitrogens is 1. The normalized spacial score (nSPS) is 15.4. The Bertz CT molecular complexity index is 3070. The number of hydrogen-bond acceptors (Lipinski definition) is 0. The maximum Gasteiger partial charge on any atom is 0.0725 e. The monoisotopic (exact) mass is 769 g/mol. The Kier molecular flexibility index (Phi) is 9.58. The summed E-state index contributed by atoms with van der Waals surface area (Å²) in [4.78, 5) is 0. The number of benzene rings is 8. The van der Waals surface area contributed by atoms with E-state index in [1.807, 2.05) is 36.4 Å². The molecule has 0 bridgehead atoms. The van der Waals surface area contributed by atoms with Gasteiger partial charge in [0.1, 0.15) is 0 Å². The van der Waals surface area contributed by atoms with Crippen molar-refractivity contribution < 1.29 is 0 Å². The molecule has 0 saturated carbocycles. The van der Waals surface area contributed by atoms with Crippen LogP contribution in [-0.4, -0.2) is 4.57 Å². The van der Waals surface area contributed by atoms with E-state index in [4.69, 9.17) is 0 Å². The second-order valence-corrected chi connectivity index (χ2v) is 16.2. The topological polar surface area (TPSA) is 4.93 Å². The fraction of sp³-hybridized carbons (Fsp3) is 0.0847. The maximum atomic E-state index is 2.54. The van der Waals surface area contributed by atoms with Crippen molar-refractivity contribution in [1.82, 2.24) is 4.57 Å². The first kappa shape index (κ1) is 37.1. The Morgan fingerprint density at radius 2 is 0.950 bits per heavy atom. The van der Waals surface area contributed by atoms with Crippen molar-refractivity contribution in [2.24, 2.45) is 0 Å². The van der Waals surface area contributed by atoms with E-state index in [9.17, 15) is 0 Å². The van der Waals surface area contributed by atoms with Crippen LogP contribution >= 0.6 is 0 Å². The largest absolute Gasteiger partial charge is 0.309 e. The van der Waals surface area contributed by atoms with Crippen molar-refractivity contribution in [1.29, 1.82) is 0 Å². The number of fused-ring (bicyclic) bond motifs is 12. The average Bonchev–Trinajstić information content (AvgIpc) is 3.76. The molecule has 9 aromatic rings. The first-order valence-corrected chi connectivity index (χ1v) is 21.1. The molecule has 1 heteroatoms. The molecule has 3 aliphatic carbocycles. The highest BCUT2D eigenvalue weighted by Gasteiger charge is 2.52. The van der Waals surface area contributed by atoms with Crippen LogP contribution in [0.1, 0.15) is 45.4 Å². The lowest BCUT2D eigenvalue weighted by Crippen LogP contribution is -2.26. The van der Waals surface area contributed by atoms with Gasteiger partial charge < -0.3 is 4.57 Å². The van der Waals surface area contributed by atoms with E-state index in [-0.39, 0.29) is 5.41 Å². The summed E-state index contributed by atoms with van der Waals surface area (Å²) >= 11 is 0. The minimum Gasteiger partial charge on any atom is -0.309 e. The molecule has 3 aliphatic rings. The summed E-state index contributed by atoms with van der Waals surface area (Å²) in [5.74, 6) is 0. The second kappa shape index (κ2) is 15.5. The zero-order valence-corrected chi connectivity index (χ0v) is 34.4. The second-order valence-electron chi connectivity index (χ2n) is 16.2. The zero-order valence-electron chi connectivity index (χ0n) is 34.4. The molecule has 1 nitrogen and oxygen atoms in total. The summed E-state index contributed by atoms with van der Waals surface area (Å²) in [6, 6.07) is 70.4. The molecule has 0 amide bonds. The SMILES string of the molecule is Cc1ccc2c(c1)c1cc3c(cc1n2-c1ccc(-c2ccccc2)cc1)-c1ccccc1C31C2=C(C=CCC=C2)c2ccccc21.Cc1ccccc1.Cc1ccccc1. The van der Waals surface area contributed by atoms with Crippen LogP contribution in [0.15, 0.2) is 224 Å². The molecular formula is C59H47N. The molecule has 1 atom stereocenters. The van der Waals surface area contributed by atoms with E-state index in [2.05, 4.69) is 207 Å². The molecule has 12 rings (SSSR count). The van der Waals surface area contributed by atoms with E-state index in [0.717, 1.165) is 6.42 Å². The lowest BCUT2D eigenvalue weighted by molar-refractivity contribution is 0.787. The van der Waals surface area contributed by atoms with Crippen LogP contribution in [0.2, 0.25) is 0 Å². The maximum absolute atomic E-state index is 2.54. The predicted molar refractivity (Wildman–Crippen MR) is 255 cm³/mol. The number of aryl methyl sites for hydroxylation is 3. The fourth-order valence-electron chi connectivity index (χ4n) is 9.65. The van der Waals surface area contributed by atoms with Crippen molar-refractivity contribution in [3.8, 4) is 27.9 Å². The van der Waals surface area contributed by atoms with Gasteiger partial charge in [0.15, 0.2) is 0 Å². The Labute approximate surface area is 353 Å². The standard InChI is InChI=1S/C45H31N.2C7H8/c1-29-20-25-43-37(26-29)38-27-42-36(28-44(38)46(43)32-23-21-31(22-24-32)30-12-4-2-5-13-30)35-16-9-11-19-41(35)45(42)39-17-7-3-6-14-33(39)34-15-8-10-18-40(34)45;2*1-7-5-3-2-4-6-7/h2,4-28H,3H2,1H3;2*2-6H,1H3. The molecule has 0 fully saturated rings. The highest BCUT2D eigenvalue weighted by atomic mass is 15.0. The molecule has 1 unspecified atom stereocenters. The minimum atomic E-state index is -0.354. The smallest absolute Gasteiger partial charge is 0.0725 e. The third-order valence-corrected chi connectivity index (χ3v) is 12.4. The van der Waals surface area contributed by atoms with E-state index >= 15 is 0 Å². The highest BCUT2D eigenvalue weighted by molar-refractivity contribution is 6.12. The lowest BCUT2D eigenvalue weighted by atomic mass is 9.69. The minimum absolute atomic E-state index is 0.354. The van der Waals surface area contributed by atoms with Gasteiger partial charge in [-0.05, 0) is 119 Å². The van der Waals surface area contributed by atoms with Crippen LogP contribution < -0.4 is 0 Å². The van der Waals surface area contributed by atoms with Crippen molar-refractivity contribution in [3.63, 3.8) is 0 Å². The first-order chi connectivity index (χ1) is 29.5. The molecule has 8 aromatic carbocycles. The molecule has 1 aromatic heterocycles. The zero-order chi connectivity index (χ0) is 40.6. The average molecular weight is 770 g/mol. The Balaban J connectivity index is 0.000000263. The Hall–Kier alpha value is -7.22. The fourth-order valence-corrected chi connectivity index (χ4v) is 9.65. The molecule has 0 radical (unpaired) electrons. The Morgan fingerprint density at radius 3 is 1.60 bits per heavy atom. The summed E-state index contributed by atoms with van der Waals surface area (Å²) in [5, 5.41) is 2.60. The van der Waals surface area contributed by atoms with E-state index < -0.39 is 0 Å². The van der Waals surface area contributed by atoms with Crippen molar-refractivity contribution in [2.45, 2.75) is 32.6 Å². The van der Waals surface area contributed by atoms with Gasteiger partial charge in [0.05, 0.1) is 16.4 Å². The van der Waals surface area contributed by atoms with Gasteiger partial charge in [-0.2, -0.15) is 0 Å². The van der Waals surface area contributed by atoms with Gasteiger partial charge in [-0.15, -0.1) is 0 Å². The number of allylic oxidation sites excluding steroid dienone is 6. The van der Waals surface area contributed by atoms with Crippen molar-refractivity contribution in [2.75, 3.05) is 0 Å². The lowest BCUT2D eigenvalue weighted by Gasteiger charge is -2.31. The molecule has 1 heterocycles. The molecule has 288 valence electrons. The molecular weight excluding hydrogens is 723 g/mol. The molecule has 60 heavy (non-hydrogen) atoms. The quantitative estimate of drug-likeness (QED) is 0.165. The highest BCUT2D eigenvalue weighted by Crippen LogP contribution is 2.63. The number of hydrogen-bond donors (Lipinski definition) is 0. The summed E-state index contributed by atoms with van der Waals surface area (Å²) < 4.78 is 2.47. The van der Waals surface area contributed by atoms with Gasteiger partial charge >= 0.3 is 0 Å². The van der Waals surface area contributed by atoms with Crippen LogP contribution in [0, 0.1) is 20.8 Å². The summed E-state index contributed by atoms with van der Waals surface area (Å²) in [7, 11) is 0. The molecule has 0 N–H and O–H groups in total. The molecule has 1 spiro atoms. The molecule has 0 aliphatic heterocycles. The molecule has 0 saturated heterocycles. The number of rotatable bonds is 2. The third-order valence-electron chi connectivity index (χ3n) is 12.4. The van der Waals surface area contributed by atoms with Crippen LogP contribution in [0.4, 0.5) is 0 Å². The summed E-state index contributed by atoms with van der Waals surface area (Å²) in [6.45, 7) is 6.37. The van der Waals surface area contributed by atoms with Crippen molar-refractivity contribution >= 4 is 27.4 Å². The first-order valence-electron chi connectivity index (χ1n) is 21.1. The number of nitrogens with zero attached hydrogens (tertiary/aromatic N) is 1. The van der Waals surface area contributed by atoms with Gasteiger partial charge in [-0.1, -0.05) is 199 Å². The van der Waals surface area contributed by atoms with E-state index in [0.29, 0.717) is 0 Å². The van der Waals surface area contributed by atoms with Crippen LogP contribution in [0.3, 0.4) is 0 Å². The summed E-state index contributed by atoms with van der Waals surface area (Å²) in [6.07, 6.45) is 10.4. The Morgan fingerprint density at radius 1 is 0.400 bits per heavy atom. The van der Waals surface area contributed by atoms with Crippen LogP contribution in [0.5, 0.6) is 0 Å².